The smallest absolute Gasteiger partial charge is 0.348 e. The van der Waals surface area contributed by atoms with Gasteiger partial charge in [0.05, 0.1) is 6.33 Å². The number of aromatic nitrogens is 2. The minimum atomic E-state index is -5.12. The molecule has 1 heterocycles. The van der Waals surface area contributed by atoms with Crippen molar-refractivity contribution in [3.05, 3.63) is 18.2 Å². The summed E-state index contributed by atoms with van der Waals surface area (Å²) in [5, 5.41) is 0. The van der Waals surface area contributed by atoms with E-state index in [0.29, 0.717) is 6.54 Å². The summed E-state index contributed by atoms with van der Waals surface area (Å²) in [7, 11) is -10.2. The number of hydrogen-bond acceptors (Lipinski definition) is 8. The summed E-state index contributed by atoms with van der Waals surface area (Å²) in [6, 6.07) is 0. The molecular formula is C5H14N4O7S2. The van der Waals surface area contributed by atoms with Crippen LogP contribution in [0.2, 0.25) is 0 Å². The highest BCUT2D eigenvalue weighted by Gasteiger charge is 2.15. The van der Waals surface area contributed by atoms with E-state index < -0.39 is 20.8 Å². The summed E-state index contributed by atoms with van der Waals surface area (Å²) in [6.45, 7) is 0.683. The Morgan fingerprint density at radius 2 is 1.78 bits per heavy atom. The summed E-state index contributed by atoms with van der Waals surface area (Å²) >= 11 is 0. The van der Waals surface area contributed by atoms with Gasteiger partial charge in [-0.3, -0.25) is 9.11 Å². The molecule has 8 N–H and O–H groups in total. The van der Waals surface area contributed by atoms with Crippen LogP contribution in [0.4, 0.5) is 0 Å². The van der Waals surface area contributed by atoms with Crippen molar-refractivity contribution in [2.45, 2.75) is 6.42 Å². The molecule has 0 amide bonds. The lowest BCUT2D eigenvalue weighted by Gasteiger charge is -1.89. The molecular weight excluding hydrogens is 292 g/mol. The van der Waals surface area contributed by atoms with Crippen LogP contribution >= 0.6 is 0 Å². The zero-order valence-electron chi connectivity index (χ0n) is 9.05. The summed E-state index contributed by atoms with van der Waals surface area (Å²) < 4.78 is 55.6. The number of nitrogens with one attached hydrogen (secondary N) is 1. The summed E-state index contributed by atoms with van der Waals surface area (Å²) in [6.07, 6.45) is 4.33. The third-order valence-electron chi connectivity index (χ3n) is 1.14. The molecule has 0 saturated carbocycles. The van der Waals surface area contributed by atoms with Gasteiger partial charge in [0, 0.05) is 18.3 Å². The van der Waals surface area contributed by atoms with E-state index in [1.807, 2.05) is 0 Å². The van der Waals surface area contributed by atoms with Crippen LogP contribution in [-0.4, -0.2) is 42.5 Å². The van der Waals surface area contributed by atoms with Gasteiger partial charge < -0.3 is 16.9 Å². The maximum Gasteiger partial charge on any atom is 0.413 e. The van der Waals surface area contributed by atoms with Crippen LogP contribution in [0.1, 0.15) is 5.69 Å². The van der Waals surface area contributed by atoms with Crippen molar-refractivity contribution in [3.63, 3.8) is 0 Å². The Kier molecular flexibility index (Phi) is 8.65. The number of nitrogens with zero attached hydrogens (tertiary/aromatic N) is 1. The first-order valence-corrected chi connectivity index (χ1v) is 6.70. The predicted molar refractivity (Wildman–Crippen MR) is 60.6 cm³/mol. The highest BCUT2D eigenvalue weighted by atomic mass is 32.3. The zero-order valence-corrected chi connectivity index (χ0v) is 10.7. The number of rotatable bonds is 4. The molecule has 1 aromatic heterocycles. The lowest BCUT2D eigenvalue weighted by Crippen LogP contribution is -2.10. The Labute approximate surface area is 104 Å². The first kappa shape index (κ1) is 19.3. The molecule has 0 aliphatic heterocycles. The summed E-state index contributed by atoms with van der Waals surface area (Å²) in [4.78, 5) is 6.78. The Hall–Kier alpha value is -1.09. The fourth-order valence-corrected chi connectivity index (χ4v) is 1.55. The Balaban J connectivity index is 0. The van der Waals surface area contributed by atoms with Crippen LogP contribution in [0, 0.1) is 0 Å². The second kappa shape index (κ2) is 8.09. The van der Waals surface area contributed by atoms with E-state index in [-0.39, 0.29) is 6.15 Å². The quantitative estimate of drug-likeness (QED) is 0.414. The molecule has 0 radical (unpaired) electrons. The standard InChI is InChI=1S/C5H9N3.H3N.H2O7S2/c6-2-1-5-3-7-4-8-5;;1-8(2,3)7-9(4,5)6/h3-4H,1-2,6H2,(H,7,8);1H3;(H,1,2,3)(H,4,5,6). The van der Waals surface area contributed by atoms with Crippen LogP contribution < -0.4 is 11.9 Å². The van der Waals surface area contributed by atoms with E-state index in [1.54, 1.807) is 12.5 Å². The van der Waals surface area contributed by atoms with Gasteiger partial charge in [0.25, 0.3) is 0 Å². The molecule has 1 rings (SSSR count). The van der Waals surface area contributed by atoms with Gasteiger partial charge in [0.1, 0.15) is 0 Å². The first-order valence-electron chi connectivity index (χ1n) is 3.97. The minimum absolute atomic E-state index is 0. The Bertz CT molecular complexity index is 478. The number of nitrogens with two attached hydrogens (primary N) is 1. The van der Waals surface area contributed by atoms with E-state index in [0.717, 1.165) is 12.1 Å². The second-order valence-electron chi connectivity index (χ2n) is 2.54. The molecule has 0 unspecified atom stereocenters. The molecule has 1 aromatic rings. The highest BCUT2D eigenvalue weighted by Crippen LogP contribution is 1.91. The number of H-pyrrole nitrogens is 1. The van der Waals surface area contributed by atoms with Crippen molar-refractivity contribution in [3.8, 4) is 0 Å². The third kappa shape index (κ3) is 13.0. The molecule has 0 aliphatic rings. The van der Waals surface area contributed by atoms with Gasteiger partial charge in [-0.25, -0.2) is 4.98 Å². The topological polar surface area (TPSA) is 208 Å². The van der Waals surface area contributed by atoms with E-state index in [9.17, 15) is 16.8 Å². The number of hydrogen-bond donors (Lipinski definition) is 5. The van der Waals surface area contributed by atoms with Gasteiger partial charge in [-0.1, -0.05) is 0 Å². The lowest BCUT2D eigenvalue weighted by atomic mass is 10.3. The Morgan fingerprint density at radius 3 is 2.00 bits per heavy atom. The Morgan fingerprint density at radius 1 is 1.28 bits per heavy atom. The van der Waals surface area contributed by atoms with Crippen molar-refractivity contribution in [2.75, 3.05) is 6.54 Å². The largest absolute Gasteiger partial charge is 0.413 e. The van der Waals surface area contributed by atoms with Crippen molar-refractivity contribution in [1.29, 1.82) is 0 Å². The molecule has 0 aliphatic carbocycles. The number of aromatic amines is 1. The maximum atomic E-state index is 9.44. The number of imidazole rings is 1. The summed E-state index contributed by atoms with van der Waals surface area (Å²) in [5.41, 5.74) is 6.38. The SMILES string of the molecule is N.NCCc1cnc[nH]1.O=S(=O)(O)OS(=O)(=O)O. The molecule has 18 heavy (non-hydrogen) atoms. The van der Waals surface area contributed by atoms with Gasteiger partial charge in [-0.15, -0.1) is 3.63 Å². The van der Waals surface area contributed by atoms with Gasteiger partial charge in [-0.05, 0) is 6.54 Å². The molecule has 11 nitrogen and oxygen atoms in total. The van der Waals surface area contributed by atoms with Gasteiger partial charge in [0.15, 0.2) is 0 Å². The maximum absolute atomic E-state index is 9.44. The first-order chi connectivity index (χ1) is 7.64. The summed E-state index contributed by atoms with van der Waals surface area (Å²) in [5.74, 6) is 0. The minimum Gasteiger partial charge on any atom is -0.348 e. The van der Waals surface area contributed by atoms with Crippen LogP contribution in [-0.2, 0) is 30.8 Å². The van der Waals surface area contributed by atoms with Crippen LogP contribution in [0.25, 0.3) is 0 Å². The van der Waals surface area contributed by atoms with Crippen LogP contribution in [0.15, 0.2) is 12.5 Å². The fourth-order valence-electron chi connectivity index (χ4n) is 0.686. The average Bonchev–Trinajstić information content (AvgIpc) is 2.51. The lowest BCUT2D eigenvalue weighted by molar-refractivity contribution is 0.344. The monoisotopic (exact) mass is 306 g/mol. The molecule has 0 bridgehead atoms. The third-order valence-corrected chi connectivity index (χ3v) is 2.52. The molecule has 0 aromatic carbocycles. The fraction of sp³-hybridized carbons (Fsp3) is 0.400. The molecule has 0 atom stereocenters. The average molecular weight is 306 g/mol. The van der Waals surface area contributed by atoms with Crippen LogP contribution in [0.5, 0.6) is 0 Å². The van der Waals surface area contributed by atoms with Crippen molar-refractivity contribution >= 4 is 20.8 Å². The normalized spacial score (nSPS) is 11.1. The van der Waals surface area contributed by atoms with Crippen molar-refractivity contribution in [2.24, 2.45) is 5.73 Å². The predicted octanol–water partition coefficient (Wildman–Crippen LogP) is -1.32. The van der Waals surface area contributed by atoms with Gasteiger partial charge in [-0.2, -0.15) is 16.8 Å². The molecule has 0 fully saturated rings. The zero-order chi connectivity index (χ0) is 13.5. The molecule has 108 valence electrons. The van der Waals surface area contributed by atoms with Crippen molar-refractivity contribution in [1.82, 2.24) is 16.1 Å². The van der Waals surface area contributed by atoms with E-state index in [1.165, 1.54) is 0 Å². The highest BCUT2D eigenvalue weighted by molar-refractivity contribution is 7.94. The molecule has 0 spiro atoms. The van der Waals surface area contributed by atoms with E-state index in [4.69, 9.17) is 14.8 Å². The second-order valence-corrected chi connectivity index (χ2v) is 4.79. The molecule has 0 saturated heterocycles. The van der Waals surface area contributed by atoms with Gasteiger partial charge >= 0.3 is 20.8 Å². The molecule has 13 heteroatoms. The van der Waals surface area contributed by atoms with E-state index >= 15 is 0 Å². The van der Waals surface area contributed by atoms with Crippen molar-refractivity contribution < 1.29 is 29.6 Å². The van der Waals surface area contributed by atoms with Crippen LogP contribution in [0.3, 0.4) is 0 Å². The van der Waals surface area contributed by atoms with E-state index in [2.05, 4.69) is 13.6 Å². The van der Waals surface area contributed by atoms with Gasteiger partial charge in [0.2, 0.25) is 0 Å².